The minimum Gasteiger partial charge on any atom is -0.479 e. The minimum atomic E-state index is -0.930. The molecule has 1 aromatic heterocycles. The Morgan fingerprint density at radius 2 is 1.94 bits per heavy atom. The average molecular weight is 440 g/mol. The van der Waals surface area contributed by atoms with E-state index in [9.17, 15) is 14.7 Å². The molecule has 7 heteroatoms. The number of pyridine rings is 1. The van der Waals surface area contributed by atoms with Crippen molar-refractivity contribution < 1.29 is 19.4 Å². The highest BCUT2D eigenvalue weighted by atomic mass is 16.5. The van der Waals surface area contributed by atoms with Crippen molar-refractivity contribution in [2.24, 2.45) is 5.92 Å². The van der Waals surface area contributed by atoms with Crippen LogP contribution in [0, 0.1) is 5.92 Å². The molecule has 1 atom stereocenters. The van der Waals surface area contributed by atoms with Gasteiger partial charge in [0.2, 0.25) is 0 Å². The maximum Gasteiger partial charge on any atom is 0.333 e. The number of carbonyl (C=O) groups excluding carboxylic acids is 1. The molecule has 1 aliphatic rings. The van der Waals surface area contributed by atoms with E-state index in [0.29, 0.717) is 31.3 Å². The first-order valence-electron chi connectivity index (χ1n) is 11.4. The van der Waals surface area contributed by atoms with Crippen LogP contribution in [0.2, 0.25) is 0 Å². The molecular formula is C25H33N3O4. The number of benzene rings is 1. The van der Waals surface area contributed by atoms with E-state index in [1.807, 2.05) is 36.4 Å². The Morgan fingerprint density at radius 3 is 2.59 bits per heavy atom. The Kier molecular flexibility index (Phi) is 8.62. The molecule has 7 nitrogen and oxygen atoms in total. The smallest absolute Gasteiger partial charge is 0.333 e. The van der Waals surface area contributed by atoms with Crippen LogP contribution in [0.3, 0.4) is 0 Å². The van der Waals surface area contributed by atoms with Crippen molar-refractivity contribution in [3.05, 3.63) is 48.0 Å². The molecular weight excluding hydrogens is 406 g/mol. The predicted octanol–water partition coefficient (Wildman–Crippen LogP) is 4.51. The summed E-state index contributed by atoms with van der Waals surface area (Å²) in [4.78, 5) is 30.0. The van der Waals surface area contributed by atoms with Gasteiger partial charge in [-0.1, -0.05) is 50.1 Å². The van der Waals surface area contributed by atoms with Crippen LogP contribution in [0.25, 0.3) is 11.3 Å². The van der Waals surface area contributed by atoms with Crippen LogP contribution in [-0.4, -0.2) is 48.4 Å². The van der Waals surface area contributed by atoms with Gasteiger partial charge in [-0.25, -0.2) is 14.6 Å². The summed E-state index contributed by atoms with van der Waals surface area (Å²) < 4.78 is 5.60. The van der Waals surface area contributed by atoms with E-state index in [1.165, 1.54) is 4.90 Å². The molecule has 1 saturated carbocycles. The highest BCUT2D eigenvalue weighted by Crippen LogP contribution is 2.29. The molecule has 2 aromatic rings. The van der Waals surface area contributed by atoms with Crippen LogP contribution in [0.1, 0.15) is 44.6 Å². The zero-order valence-corrected chi connectivity index (χ0v) is 18.9. The zero-order valence-electron chi connectivity index (χ0n) is 18.9. The SMILES string of the molecule is CCCCCNC(=O)N(C)c1cccc(-c2ccc(CC(OCC3CC3)C(=O)O)cc2)n1. The van der Waals surface area contributed by atoms with Gasteiger partial charge in [0.05, 0.1) is 12.3 Å². The van der Waals surface area contributed by atoms with Crippen molar-refractivity contribution in [1.82, 2.24) is 10.3 Å². The number of urea groups is 1. The summed E-state index contributed by atoms with van der Waals surface area (Å²) >= 11 is 0. The van der Waals surface area contributed by atoms with Crippen LogP contribution in [0.15, 0.2) is 42.5 Å². The van der Waals surface area contributed by atoms with Gasteiger partial charge >= 0.3 is 12.0 Å². The third-order valence-corrected chi connectivity index (χ3v) is 5.62. The highest BCUT2D eigenvalue weighted by Gasteiger charge is 2.26. The quantitative estimate of drug-likeness (QED) is 0.475. The number of nitrogens with zero attached hydrogens (tertiary/aromatic N) is 2. The fourth-order valence-electron chi connectivity index (χ4n) is 3.34. The van der Waals surface area contributed by atoms with Crippen LogP contribution in [-0.2, 0) is 16.0 Å². The van der Waals surface area contributed by atoms with Gasteiger partial charge in [0.1, 0.15) is 5.82 Å². The molecule has 0 spiro atoms. The minimum absolute atomic E-state index is 0.174. The molecule has 0 aliphatic heterocycles. The van der Waals surface area contributed by atoms with Gasteiger partial charge in [0, 0.05) is 25.6 Å². The Hall–Kier alpha value is -2.93. The van der Waals surface area contributed by atoms with Gasteiger partial charge in [-0.3, -0.25) is 4.90 Å². The van der Waals surface area contributed by atoms with Gasteiger partial charge in [-0.15, -0.1) is 0 Å². The van der Waals surface area contributed by atoms with Crippen molar-refractivity contribution >= 4 is 17.8 Å². The van der Waals surface area contributed by atoms with Crippen LogP contribution < -0.4 is 10.2 Å². The first-order chi connectivity index (χ1) is 15.5. The second-order valence-corrected chi connectivity index (χ2v) is 8.38. The second kappa shape index (κ2) is 11.6. The van der Waals surface area contributed by atoms with Gasteiger partial charge in [0.25, 0.3) is 0 Å². The molecule has 3 rings (SSSR count). The van der Waals surface area contributed by atoms with Crippen LogP contribution >= 0.6 is 0 Å². The Labute approximate surface area is 189 Å². The molecule has 1 heterocycles. The number of hydrogen-bond acceptors (Lipinski definition) is 4. The summed E-state index contributed by atoms with van der Waals surface area (Å²) in [6.45, 7) is 3.30. The fraction of sp³-hybridized carbons (Fsp3) is 0.480. The number of aromatic nitrogens is 1. The number of carboxylic acids is 1. The normalized spacial score (nSPS) is 14.1. The summed E-state index contributed by atoms with van der Waals surface area (Å²) in [7, 11) is 1.71. The van der Waals surface area contributed by atoms with Crippen molar-refractivity contribution in [3.63, 3.8) is 0 Å². The van der Waals surface area contributed by atoms with Crippen LogP contribution in [0.4, 0.5) is 10.6 Å². The predicted molar refractivity (Wildman–Crippen MR) is 125 cm³/mol. The molecule has 0 saturated heterocycles. The van der Waals surface area contributed by atoms with E-state index in [1.54, 1.807) is 13.1 Å². The van der Waals surface area contributed by atoms with Crippen LogP contribution in [0.5, 0.6) is 0 Å². The topological polar surface area (TPSA) is 91.8 Å². The molecule has 32 heavy (non-hydrogen) atoms. The first kappa shape index (κ1) is 23.7. The van der Waals surface area contributed by atoms with E-state index < -0.39 is 12.1 Å². The number of hydrogen-bond donors (Lipinski definition) is 2. The van der Waals surface area contributed by atoms with E-state index in [2.05, 4.69) is 17.2 Å². The lowest BCUT2D eigenvalue weighted by molar-refractivity contribution is -0.150. The number of ether oxygens (including phenoxy) is 1. The molecule has 1 fully saturated rings. The maximum absolute atomic E-state index is 12.4. The lowest BCUT2D eigenvalue weighted by atomic mass is 10.0. The summed E-state index contributed by atoms with van der Waals surface area (Å²) in [6, 6.07) is 13.1. The van der Waals surface area contributed by atoms with E-state index >= 15 is 0 Å². The third-order valence-electron chi connectivity index (χ3n) is 5.62. The molecule has 172 valence electrons. The lowest BCUT2D eigenvalue weighted by Gasteiger charge is -2.18. The van der Waals surface area contributed by atoms with Crippen molar-refractivity contribution in [2.75, 3.05) is 25.1 Å². The highest BCUT2D eigenvalue weighted by molar-refractivity contribution is 5.90. The largest absolute Gasteiger partial charge is 0.479 e. The van der Waals surface area contributed by atoms with Crippen molar-refractivity contribution in [3.8, 4) is 11.3 Å². The Balaban J connectivity index is 1.61. The van der Waals surface area contributed by atoms with E-state index in [-0.39, 0.29) is 6.03 Å². The lowest BCUT2D eigenvalue weighted by Crippen LogP contribution is -2.38. The number of carbonyl (C=O) groups is 2. The zero-order chi connectivity index (χ0) is 22.9. The van der Waals surface area contributed by atoms with E-state index in [4.69, 9.17) is 4.74 Å². The van der Waals surface area contributed by atoms with Gasteiger partial charge in [-0.05, 0) is 42.9 Å². The average Bonchev–Trinajstić information content (AvgIpc) is 3.63. The van der Waals surface area contributed by atoms with Crippen molar-refractivity contribution in [2.45, 2.75) is 51.6 Å². The van der Waals surface area contributed by atoms with Gasteiger partial charge in [0.15, 0.2) is 6.10 Å². The van der Waals surface area contributed by atoms with E-state index in [0.717, 1.165) is 48.9 Å². The number of amides is 2. The van der Waals surface area contributed by atoms with Gasteiger partial charge < -0.3 is 15.2 Å². The molecule has 1 aromatic carbocycles. The number of nitrogens with one attached hydrogen (secondary N) is 1. The van der Waals surface area contributed by atoms with Crippen molar-refractivity contribution in [1.29, 1.82) is 0 Å². The summed E-state index contributed by atoms with van der Waals surface area (Å²) in [5.41, 5.74) is 2.55. The number of carboxylic acid groups (broad SMARTS) is 1. The standard InChI is InChI=1S/C25H33N3O4/c1-3-4-5-15-26-25(31)28(2)23-8-6-7-21(27-23)20-13-11-18(12-14-20)16-22(24(29)30)32-17-19-9-10-19/h6-8,11-14,19,22H,3-5,9-10,15-17H2,1-2H3,(H,26,31)(H,29,30). The number of unbranched alkanes of at least 4 members (excludes halogenated alkanes) is 2. The number of rotatable bonds is 12. The first-order valence-corrected chi connectivity index (χ1v) is 11.4. The Morgan fingerprint density at radius 1 is 1.19 bits per heavy atom. The third kappa shape index (κ3) is 7.05. The molecule has 2 amide bonds. The fourth-order valence-corrected chi connectivity index (χ4v) is 3.34. The maximum atomic E-state index is 12.4. The molecule has 1 aliphatic carbocycles. The molecule has 1 unspecified atom stereocenters. The number of anilines is 1. The molecule has 0 radical (unpaired) electrons. The summed E-state index contributed by atoms with van der Waals surface area (Å²) in [6.07, 6.45) is 4.92. The van der Waals surface area contributed by atoms with Gasteiger partial charge in [-0.2, -0.15) is 0 Å². The molecule has 2 N–H and O–H groups in total. The second-order valence-electron chi connectivity index (χ2n) is 8.38. The Bertz CT molecular complexity index is 896. The molecule has 0 bridgehead atoms. The number of aliphatic carboxylic acids is 1. The monoisotopic (exact) mass is 439 g/mol. The summed E-state index contributed by atoms with van der Waals surface area (Å²) in [5.74, 6) is 0.160. The summed E-state index contributed by atoms with van der Waals surface area (Å²) in [5, 5.41) is 12.4.